The molecule has 0 aromatic carbocycles. The minimum atomic E-state index is -1.33. The Morgan fingerprint density at radius 3 is 2.25 bits per heavy atom. The first kappa shape index (κ1) is 12.4. The summed E-state index contributed by atoms with van der Waals surface area (Å²) in [4.78, 5) is 0. The van der Waals surface area contributed by atoms with E-state index >= 15 is 0 Å². The molecule has 0 bridgehead atoms. The van der Waals surface area contributed by atoms with Crippen LogP contribution < -0.4 is 51.4 Å². The second-order valence-electron chi connectivity index (χ2n) is 1.07. The fourth-order valence-electron chi connectivity index (χ4n) is 0.235. The zero-order chi connectivity index (χ0) is 5.70. The van der Waals surface area contributed by atoms with Gasteiger partial charge in [-0.05, 0) is 18.4 Å². The van der Waals surface area contributed by atoms with Gasteiger partial charge in [0.05, 0.1) is 6.61 Å². The maximum Gasteiger partial charge on any atom is 1.00 e. The Labute approximate surface area is 95.1 Å². The SMILES string of the molecule is CCO[P+](=O)CC.[H-].[K+]. The van der Waals surface area contributed by atoms with Crippen molar-refractivity contribution in [1.29, 1.82) is 0 Å². The smallest absolute Gasteiger partial charge is 1.00 e. The van der Waals surface area contributed by atoms with E-state index in [1.165, 1.54) is 0 Å². The van der Waals surface area contributed by atoms with Gasteiger partial charge in [0.15, 0.2) is 6.16 Å². The summed E-state index contributed by atoms with van der Waals surface area (Å²) in [7, 11) is -1.33. The van der Waals surface area contributed by atoms with Crippen molar-refractivity contribution in [2.75, 3.05) is 12.8 Å². The van der Waals surface area contributed by atoms with Crippen molar-refractivity contribution in [1.82, 2.24) is 0 Å². The van der Waals surface area contributed by atoms with E-state index in [1.807, 2.05) is 13.8 Å². The Kier molecular flexibility index (Phi) is 13.5. The summed E-state index contributed by atoms with van der Waals surface area (Å²) in [5, 5.41) is 0. The van der Waals surface area contributed by atoms with Gasteiger partial charge >= 0.3 is 59.4 Å². The Morgan fingerprint density at radius 1 is 1.62 bits per heavy atom. The minimum absolute atomic E-state index is 0. The molecule has 0 aliphatic rings. The van der Waals surface area contributed by atoms with E-state index in [-0.39, 0.29) is 52.8 Å². The molecule has 0 saturated carbocycles. The summed E-state index contributed by atoms with van der Waals surface area (Å²) >= 11 is 0. The third-order valence-electron chi connectivity index (χ3n) is 0.531. The van der Waals surface area contributed by atoms with Gasteiger partial charge in [-0.15, -0.1) is 4.52 Å². The van der Waals surface area contributed by atoms with Crippen LogP contribution in [0, 0.1) is 0 Å². The number of rotatable bonds is 3. The maximum atomic E-state index is 10.3. The van der Waals surface area contributed by atoms with Crippen LogP contribution in [-0.2, 0) is 9.09 Å². The average Bonchev–Trinajstić information content (AvgIpc) is 1.68. The Hall–Kier alpha value is 1.70. The van der Waals surface area contributed by atoms with E-state index in [4.69, 9.17) is 4.52 Å². The molecule has 2 nitrogen and oxygen atoms in total. The average molecular weight is 161 g/mol. The van der Waals surface area contributed by atoms with Gasteiger partial charge in [-0.2, -0.15) is 0 Å². The topological polar surface area (TPSA) is 26.3 Å². The van der Waals surface area contributed by atoms with Gasteiger partial charge in [0.1, 0.15) is 0 Å². The third-order valence-corrected chi connectivity index (χ3v) is 1.59. The van der Waals surface area contributed by atoms with Crippen molar-refractivity contribution in [2.45, 2.75) is 13.8 Å². The van der Waals surface area contributed by atoms with Crippen molar-refractivity contribution in [3.63, 3.8) is 0 Å². The Morgan fingerprint density at radius 2 is 2.12 bits per heavy atom. The fraction of sp³-hybridized carbons (Fsp3) is 1.00. The molecule has 1 unspecified atom stereocenters. The van der Waals surface area contributed by atoms with E-state index in [2.05, 4.69) is 0 Å². The van der Waals surface area contributed by atoms with E-state index in [9.17, 15) is 4.57 Å². The van der Waals surface area contributed by atoms with Crippen molar-refractivity contribution < 1.29 is 61.9 Å². The molecule has 0 aliphatic heterocycles. The molecular formula is C4H11KO2P+. The molecule has 4 heteroatoms. The summed E-state index contributed by atoms with van der Waals surface area (Å²) in [5.74, 6) is 0. The number of hydrogen-bond donors (Lipinski definition) is 0. The van der Waals surface area contributed by atoms with Crippen LogP contribution in [0.5, 0.6) is 0 Å². The molecule has 0 aromatic rings. The molecule has 1 atom stereocenters. The van der Waals surface area contributed by atoms with Gasteiger partial charge in [-0.25, -0.2) is 0 Å². The third kappa shape index (κ3) is 7.70. The van der Waals surface area contributed by atoms with Crippen LogP contribution in [-0.4, -0.2) is 12.8 Å². The van der Waals surface area contributed by atoms with Crippen molar-refractivity contribution in [3.05, 3.63) is 0 Å². The Bertz CT molecular complexity index is 71.6. The second kappa shape index (κ2) is 8.70. The monoisotopic (exact) mass is 161 g/mol. The first-order chi connectivity index (χ1) is 3.31. The van der Waals surface area contributed by atoms with Crippen LogP contribution in [0.1, 0.15) is 15.3 Å². The summed E-state index contributed by atoms with van der Waals surface area (Å²) in [6.45, 7) is 4.24. The van der Waals surface area contributed by atoms with Gasteiger partial charge < -0.3 is 1.43 Å². The quantitative estimate of drug-likeness (QED) is 0.388. The summed E-state index contributed by atoms with van der Waals surface area (Å²) < 4.78 is 15.0. The normalized spacial score (nSPS) is 10.0. The first-order valence-corrected chi connectivity index (χ1v) is 3.75. The van der Waals surface area contributed by atoms with Gasteiger partial charge in [-0.3, -0.25) is 0 Å². The van der Waals surface area contributed by atoms with Crippen LogP contribution in [0.15, 0.2) is 0 Å². The predicted molar refractivity (Wildman–Crippen MR) is 30.9 cm³/mol. The molecule has 0 amide bonds. The molecule has 0 fully saturated rings. The zero-order valence-corrected chi connectivity index (χ0v) is 9.70. The predicted octanol–water partition coefficient (Wildman–Crippen LogP) is -1.10. The molecule has 0 spiro atoms. The molecule has 44 valence electrons. The molecular weight excluding hydrogens is 150 g/mol. The molecule has 0 heterocycles. The van der Waals surface area contributed by atoms with Crippen molar-refractivity contribution in [3.8, 4) is 0 Å². The van der Waals surface area contributed by atoms with E-state index in [0.29, 0.717) is 12.8 Å². The van der Waals surface area contributed by atoms with Gasteiger partial charge in [0.2, 0.25) is 0 Å². The number of hydrogen-bond acceptors (Lipinski definition) is 2. The van der Waals surface area contributed by atoms with Crippen LogP contribution in [0.2, 0.25) is 0 Å². The van der Waals surface area contributed by atoms with E-state index in [1.54, 1.807) is 0 Å². The second-order valence-corrected chi connectivity index (χ2v) is 2.62. The van der Waals surface area contributed by atoms with Crippen LogP contribution in [0.25, 0.3) is 0 Å². The largest absolute Gasteiger partial charge is 1.00 e. The first-order valence-electron chi connectivity index (χ1n) is 2.38. The van der Waals surface area contributed by atoms with Crippen molar-refractivity contribution in [2.24, 2.45) is 0 Å². The molecule has 0 radical (unpaired) electrons. The molecule has 0 aliphatic carbocycles. The van der Waals surface area contributed by atoms with Crippen LogP contribution in [0.3, 0.4) is 0 Å². The van der Waals surface area contributed by atoms with Crippen LogP contribution in [0.4, 0.5) is 0 Å². The fourth-order valence-corrected chi connectivity index (χ4v) is 0.706. The molecule has 0 aromatic heterocycles. The summed E-state index contributed by atoms with van der Waals surface area (Å²) in [5.41, 5.74) is 0. The Balaban J connectivity index is -0.000000180. The molecule has 0 N–H and O–H groups in total. The van der Waals surface area contributed by atoms with Crippen molar-refractivity contribution >= 4 is 8.03 Å². The summed E-state index contributed by atoms with van der Waals surface area (Å²) in [6.07, 6.45) is 0.628. The van der Waals surface area contributed by atoms with Crippen LogP contribution >= 0.6 is 8.03 Å². The molecule has 8 heavy (non-hydrogen) atoms. The standard InChI is InChI=1S/C4H10O2P.K.H/c1-3-6-7(5)4-2;;/h3-4H2,1-2H3;;/q2*+1;-1. The van der Waals surface area contributed by atoms with Gasteiger partial charge in [0, 0.05) is 0 Å². The minimum Gasteiger partial charge on any atom is -1.00 e. The van der Waals surface area contributed by atoms with E-state index < -0.39 is 8.03 Å². The van der Waals surface area contributed by atoms with Gasteiger partial charge in [0.25, 0.3) is 0 Å². The van der Waals surface area contributed by atoms with E-state index in [0.717, 1.165) is 0 Å². The molecule has 0 rings (SSSR count). The summed E-state index contributed by atoms with van der Waals surface area (Å²) in [6, 6.07) is 0. The maximum absolute atomic E-state index is 10.3. The zero-order valence-electron chi connectivity index (χ0n) is 6.68. The molecule has 0 saturated heterocycles. The van der Waals surface area contributed by atoms with Gasteiger partial charge in [-0.1, -0.05) is 0 Å².